The number of hydrogen-bond acceptors (Lipinski definition) is 3. The zero-order valence-corrected chi connectivity index (χ0v) is 11.2. The lowest BCUT2D eigenvalue weighted by Crippen LogP contribution is -2.03. The second-order valence-electron chi connectivity index (χ2n) is 4.33. The van der Waals surface area contributed by atoms with Gasteiger partial charge in [0.15, 0.2) is 0 Å². The molecule has 2 heterocycles. The van der Waals surface area contributed by atoms with Crippen molar-refractivity contribution in [2.24, 2.45) is 0 Å². The minimum absolute atomic E-state index is 0.241. The molecular formula is C14H13FN2OS. The Morgan fingerprint density at radius 2 is 2.32 bits per heavy atom. The average Bonchev–Trinajstić information content (AvgIpc) is 3.08. The maximum Gasteiger partial charge on any atom is 0.141 e. The van der Waals surface area contributed by atoms with E-state index < -0.39 is 6.10 Å². The van der Waals surface area contributed by atoms with Crippen molar-refractivity contribution in [3.8, 4) is 0 Å². The molecule has 0 saturated carbocycles. The van der Waals surface area contributed by atoms with Gasteiger partial charge in [0.2, 0.25) is 0 Å². The molecule has 0 unspecified atom stereocenters. The first kappa shape index (κ1) is 12.3. The number of aliphatic hydroxyl groups is 1. The summed E-state index contributed by atoms with van der Waals surface area (Å²) in [6, 6.07) is 3.04. The Hall–Kier alpha value is -1.72. The van der Waals surface area contributed by atoms with E-state index in [1.165, 1.54) is 17.4 Å². The first-order valence-electron chi connectivity index (χ1n) is 6.08. The van der Waals surface area contributed by atoms with Gasteiger partial charge in [0, 0.05) is 17.8 Å². The maximum atomic E-state index is 13.8. The number of aromatic amines is 1. The molecule has 0 saturated heterocycles. The zero-order valence-electron chi connectivity index (χ0n) is 10.4. The van der Waals surface area contributed by atoms with E-state index in [4.69, 9.17) is 0 Å². The van der Waals surface area contributed by atoms with Gasteiger partial charge >= 0.3 is 0 Å². The molecule has 5 heteroatoms. The second kappa shape index (κ2) is 4.75. The Labute approximate surface area is 113 Å². The molecule has 19 heavy (non-hydrogen) atoms. The number of H-pyrrole nitrogens is 1. The van der Waals surface area contributed by atoms with Crippen molar-refractivity contribution in [1.82, 2.24) is 9.97 Å². The molecule has 3 aromatic rings. The fourth-order valence-corrected chi connectivity index (χ4v) is 3.36. The van der Waals surface area contributed by atoms with Gasteiger partial charge in [-0.05, 0) is 29.0 Å². The third-order valence-corrected chi connectivity index (χ3v) is 4.27. The molecule has 0 aliphatic heterocycles. The van der Waals surface area contributed by atoms with Crippen LogP contribution >= 0.6 is 11.3 Å². The number of aliphatic hydroxyl groups excluding tert-OH is 1. The Balaban J connectivity index is 2.23. The van der Waals surface area contributed by atoms with Crippen LogP contribution < -0.4 is 0 Å². The summed E-state index contributed by atoms with van der Waals surface area (Å²) in [6.07, 6.45) is 3.20. The second-order valence-corrected chi connectivity index (χ2v) is 5.21. The van der Waals surface area contributed by atoms with Gasteiger partial charge in [0.25, 0.3) is 0 Å². The Bertz CT molecular complexity index is 706. The van der Waals surface area contributed by atoms with Crippen molar-refractivity contribution in [2.75, 3.05) is 0 Å². The van der Waals surface area contributed by atoms with Crippen molar-refractivity contribution in [2.45, 2.75) is 19.4 Å². The number of aryl methyl sites for hydroxylation is 1. The van der Waals surface area contributed by atoms with Gasteiger partial charge in [-0.1, -0.05) is 13.0 Å². The quantitative estimate of drug-likeness (QED) is 0.770. The molecule has 1 aromatic carbocycles. The fraction of sp³-hybridized carbons (Fsp3) is 0.214. The van der Waals surface area contributed by atoms with Crippen molar-refractivity contribution in [3.05, 3.63) is 52.7 Å². The SMILES string of the molecule is CCc1csc2c(F)ccc([C@H](O)c3ncc[nH]3)c12. The van der Waals surface area contributed by atoms with E-state index >= 15 is 0 Å². The van der Waals surface area contributed by atoms with E-state index in [9.17, 15) is 9.50 Å². The van der Waals surface area contributed by atoms with E-state index in [1.807, 2.05) is 12.3 Å². The van der Waals surface area contributed by atoms with Gasteiger partial charge in [-0.3, -0.25) is 0 Å². The standard InChI is InChI=1S/C14H13FN2OS/c1-2-8-7-19-13-10(15)4-3-9(11(8)13)12(18)14-16-5-6-17-14/h3-7,12,18H,2H2,1H3,(H,16,17)/t12-/m0/s1. The van der Waals surface area contributed by atoms with E-state index in [0.29, 0.717) is 16.1 Å². The Morgan fingerprint density at radius 3 is 3.00 bits per heavy atom. The van der Waals surface area contributed by atoms with Gasteiger partial charge in [0.05, 0.1) is 4.70 Å². The fourth-order valence-electron chi connectivity index (χ4n) is 2.27. The van der Waals surface area contributed by atoms with Crippen LogP contribution in [0.15, 0.2) is 29.9 Å². The number of nitrogens with zero attached hydrogens (tertiary/aromatic N) is 1. The number of fused-ring (bicyclic) bond motifs is 1. The smallest absolute Gasteiger partial charge is 0.141 e. The van der Waals surface area contributed by atoms with Crippen molar-refractivity contribution >= 4 is 21.4 Å². The lowest BCUT2D eigenvalue weighted by molar-refractivity contribution is 0.212. The monoisotopic (exact) mass is 276 g/mol. The third kappa shape index (κ3) is 1.95. The molecule has 1 atom stereocenters. The molecule has 0 spiro atoms. The Morgan fingerprint density at radius 1 is 1.47 bits per heavy atom. The molecule has 2 aromatic heterocycles. The van der Waals surface area contributed by atoms with E-state index in [-0.39, 0.29) is 5.82 Å². The number of aromatic nitrogens is 2. The highest BCUT2D eigenvalue weighted by atomic mass is 32.1. The van der Waals surface area contributed by atoms with Crippen LogP contribution in [0.25, 0.3) is 10.1 Å². The zero-order chi connectivity index (χ0) is 13.4. The highest BCUT2D eigenvalue weighted by Gasteiger charge is 2.20. The van der Waals surface area contributed by atoms with E-state index in [1.54, 1.807) is 18.5 Å². The molecule has 98 valence electrons. The van der Waals surface area contributed by atoms with Gasteiger partial charge in [-0.15, -0.1) is 11.3 Å². The number of hydrogen-bond donors (Lipinski definition) is 2. The molecule has 0 aliphatic rings. The summed E-state index contributed by atoms with van der Waals surface area (Å²) >= 11 is 1.38. The predicted molar refractivity (Wildman–Crippen MR) is 73.8 cm³/mol. The third-order valence-electron chi connectivity index (χ3n) is 3.24. The Kier molecular flexibility index (Phi) is 3.08. The molecule has 0 bridgehead atoms. The highest BCUT2D eigenvalue weighted by Crippen LogP contribution is 2.35. The minimum Gasteiger partial charge on any atom is -0.380 e. The van der Waals surface area contributed by atoms with Crippen molar-refractivity contribution in [1.29, 1.82) is 0 Å². The number of thiophene rings is 1. The topological polar surface area (TPSA) is 48.9 Å². The van der Waals surface area contributed by atoms with Gasteiger partial charge in [-0.25, -0.2) is 9.37 Å². The van der Waals surface area contributed by atoms with Crippen molar-refractivity contribution in [3.63, 3.8) is 0 Å². The normalized spacial score (nSPS) is 13.0. The number of benzene rings is 1. The number of imidazole rings is 1. The van der Waals surface area contributed by atoms with Crippen LogP contribution in [0, 0.1) is 5.82 Å². The van der Waals surface area contributed by atoms with E-state index in [0.717, 1.165) is 17.4 Å². The molecular weight excluding hydrogens is 263 g/mol. The minimum atomic E-state index is -0.863. The van der Waals surface area contributed by atoms with Crippen molar-refractivity contribution < 1.29 is 9.50 Å². The maximum absolute atomic E-state index is 13.8. The molecule has 3 rings (SSSR count). The number of nitrogens with one attached hydrogen (secondary N) is 1. The van der Waals surface area contributed by atoms with Crippen LogP contribution in [-0.2, 0) is 6.42 Å². The molecule has 0 aliphatic carbocycles. The first-order valence-corrected chi connectivity index (χ1v) is 6.96. The van der Waals surface area contributed by atoms with Crippen LogP contribution in [0.2, 0.25) is 0 Å². The predicted octanol–water partition coefficient (Wildman–Crippen LogP) is 3.41. The summed E-state index contributed by atoms with van der Waals surface area (Å²) in [5.41, 5.74) is 1.75. The van der Waals surface area contributed by atoms with E-state index in [2.05, 4.69) is 9.97 Å². The summed E-state index contributed by atoms with van der Waals surface area (Å²) < 4.78 is 14.4. The molecule has 2 N–H and O–H groups in total. The van der Waals surface area contributed by atoms with Crippen LogP contribution in [0.3, 0.4) is 0 Å². The summed E-state index contributed by atoms with van der Waals surface area (Å²) in [5.74, 6) is 0.233. The van der Waals surface area contributed by atoms with Gasteiger partial charge in [0.1, 0.15) is 17.7 Å². The summed E-state index contributed by atoms with van der Waals surface area (Å²) in [6.45, 7) is 2.02. The van der Waals surface area contributed by atoms with Gasteiger partial charge < -0.3 is 10.1 Å². The highest BCUT2D eigenvalue weighted by molar-refractivity contribution is 7.17. The van der Waals surface area contributed by atoms with Gasteiger partial charge in [-0.2, -0.15) is 0 Å². The van der Waals surface area contributed by atoms with Crippen LogP contribution in [0.1, 0.15) is 30.0 Å². The molecule has 0 amide bonds. The van der Waals surface area contributed by atoms with Crippen LogP contribution in [-0.4, -0.2) is 15.1 Å². The summed E-state index contributed by atoms with van der Waals surface area (Å²) in [5, 5.41) is 13.2. The molecule has 0 fully saturated rings. The van der Waals surface area contributed by atoms with Crippen LogP contribution in [0.4, 0.5) is 4.39 Å². The summed E-state index contributed by atoms with van der Waals surface area (Å²) in [7, 11) is 0. The number of rotatable bonds is 3. The molecule has 0 radical (unpaired) electrons. The first-order chi connectivity index (χ1) is 9.22. The lowest BCUT2D eigenvalue weighted by atomic mass is 10.00. The summed E-state index contributed by atoms with van der Waals surface area (Å²) in [4.78, 5) is 6.96. The average molecular weight is 276 g/mol. The molecule has 3 nitrogen and oxygen atoms in total. The van der Waals surface area contributed by atoms with Crippen LogP contribution in [0.5, 0.6) is 0 Å². The largest absolute Gasteiger partial charge is 0.380 e. The lowest BCUT2D eigenvalue weighted by Gasteiger charge is -2.11. The number of halogens is 1.